The molecule has 0 bridgehead atoms. The van der Waals surface area contributed by atoms with E-state index in [1.807, 2.05) is 55.4 Å². The summed E-state index contributed by atoms with van der Waals surface area (Å²) in [4.78, 5) is 13.0. The van der Waals surface area contributed by atoms with Crippen LogP contribution >= 0.6 is 0 Å². The van der Waals surface area contributed by atoms with Gasteiger partial charge in [-0.3, -0.25) is 4.79 Å². The summed E-state index contributed by atoms with van der Waals surface area (Å²) in [6.07, 6.45) is 3.81. The van der Waals surface area contributed by atoms with Crippen LogP contribution in [0, 0.1) is 11.6 Å². The zero-order chi connectivity index (χ0) is 19.7. The molecule has 6 heteroatoms. The predicted octanol–water partition coefficient (Wildman–Crippen LogP) is 4.41. The third-order valence-corrected chi connectivity index (χ3v) is 3.39. The fourth-order valence-electron chi connectivity index (χ4n) is 2.21. The number of amides is 1. The van der Waals surface area contributed by atoms with Gasteiger partial charge in [-0.05, 0) is 43.0 Å². The molecule has 0 aliphatic heterocycles. The molecule has 0 spiro atoms. The van der Waals surface area contributed by atoms with Crippen LogP contribution in [-0.4, -0.2) is 13.0 Å². The quantitative estimate of drug-likeness (QED) is 0.776. The number of allylic oxidation sites excluding steroid dienone is 1. The molecule has 138 valence electrons. The Morgan fingerprint density at radius 1 is 1.27 bits per heavy atom. The van der Waals surface area contributed by atoms with Gasteiger partial charge in [-0.25, -0.2) is 8.78 Å². The first-order valence-electron chi connectivity index (χ1n) is 7.79. The minimum Gasteiger partial charge on any atom is -0.486 e. The number of hydrogen-bond donors (Lipinski definition) is 1. The van der Waals surface area contributed by atoms with Crippen molar-refractivity contribution < 1.29 is 18.3 Å². The van der Waals surface area contributed by atoms with Crippen LogP contribution < -0.4 is 15.4 Å². The van der Waals surface area contributed by atoms with Crippen molar-refractivity contribution in [3.8, 4) is 5.75 Å². The molecule has 26 heavy (non-hydrogen) atoms. The third-order valence-electron chi connectivity index (χ3n) is 3.39. The van der Waals surface area contributed by atoms with Crippen LogP contribution in [0.15, 0.2) is 61.8 Å². The lowest BCUT2D eigenvalue weighted by Gasteiger charge is -2.15. The molecular weight excluding hydrogens is 338 g/mol. The summed E-state index contributed by atoms with van der Waals surface area (Å²) in [5.41, 5.74) is 5.93. The molecule has 2 aromatic carbocycles. The van der Waals surface area contributed by atoms with E-state index in [1.54, 1.807) is 0 Å². The molecule has 2 rings (SSSR count). The van der Waals surface area contributed by atoms with E-state index in [4.69, 9.17) is 10.5 Å². The van der Waals surface area contributed by atoms with Gasteiger partial charge >= 0.3 is 0 Å². The Kier molecular flexibility index (Phi) is 8.02. The first-order valence-corrected chi connectivity index (χ1v) is 7.79. The summed E-state index contributed by atoms with van der Waals surface area (Å²) >= 11 is 0. The number of ether oxygens (including phenoxy) is 1. The van der Waals surface area contributed by atoms with Gasteiger partial charge in [-0.1, -0.05) is 18.2 Å². The molecule has 1 amide bonds. The fourth-order valence-corrected chi connectivity index (χ4v) is 2.21. The average molecular weight is 360 g/mol. The molecule has 0 fully saturated rings. The molecule has 0 heterocycles. The topological polar surface area (TPSA) is 55.6 Å². The lowest BCUT2D eigenvalue weighted by atomic mass is 10.1. The first kappa shape index (κ1) is 20.9. The van der Waals surface area contributed by atoms with E-state index in [9.17, 15) is 13.6 Å². The van der Waals surface area contributed by atoms with Crippen molar-refractivity contribution in [1.82, 2.24) is 0 Å². The second-order valence-electron chi connectivity index (χ2n) is 5.15. The van der Waals surface area contributed by atoms with E-state index in [0.29, 0.717) is 0 Å². The summed E-state index contributed by atoms with van der Waals surface area (Å²) < 4.78 is 32.9. The Bertz CT molecular complexity index is 791. The number of nitrogens with zero attached hydrogens (tertiary/aromatic N) is 1. The Morgan fingerprint density at radius 3 is 2.58 bits per heavy atom. The van der Waals surface area contributed by atoms with E-state index < -0.39 is 23.1 Å². The molecule has 0 saturated carbocycles. The minimum atomic E-state index is -1.18. The van der Waals surface area contributed by atoms with E-state index in [2.05, 4.69) is 13.2 Å². The van der Waals surface area contributed by atoms with Crippen LogP contribution in [0.2, 0.25) is 0 Å². The molecule has 0 unspecified atom stereocenters. The maximum absolute atomic E-state index is 14.1. The molecule has 0 atom stereocenters. The SMILES string of the molecule is C/C=C\N(C)c1cccc(COc2ccc(F)c(C(N)=O)c2F)c1.C=C. The molecule has 0 aliphatic rings. The van der Waals surface area contributed by atoms with Crippen LogP contribution in [0.4, 0.5) is 14.5 Å². The monoisotopic (exact) mass is 360 g/mol. The zero-order valence-electron chi connectivity index (χ0n) is 14.8. The fraction of sp³-hybridized carbons (Fsp3) is 0.150. The van der Waals surface area contributed by atoms with E-state index in [-0.39, 0.29) is 12.4 Å². The number of benzene rings is 2. The average Bonchev–Trinajstić information content (AvgIpc) is 2.63. The van der Waals surface area contributed by atoms with Gasteiger partial charge in [0.15, 0.2) is 11.6 Å². The number of hydrogen-bond acceptors (Lipinski definition) is 3. The first-order chi connectivity index (χ1) is 12.4. The summed E-state index contributed by atoms with van der Waals surface area (Å²) in [5, 5.41) is 0. The smallest absolute Gasteiger partial charge is 0.254 e. The predicted molar refractivity (Wildman–Crippen MR) is 100 cm³/mol. The highest BCUT2D eigenvalue weighted by molar-refractivity contribution is 5.93. The van der Waals surface area contributed by atoms with Crippen molar-refractivity contribution in [2.24, 2.45) is 5.73 Å². The van der Waals surface area contributed by atoms with Gasteiger partial charge in [0.05, 0.1) is 0 Å². The molecule has 2 aromatic rings. The maximum Gasteiger partial charge on any atom is 0.254 e. The molecule has 0 saturated heterocycles. The van der Waals surface area contributed by atoms with Gasteiger partial charge in [0, 0.05) is 12.7 Å². The molecule has 0 aromatic heterocycles. The molecular formula is C20H22F2N2O2. The number of carbonyl (C=O) groups is 1. The summed E-state index contributed by atoms with van der Waals surface area (Å²) in [6.45, 7) is 7.98. The molecule has 2 N–H and O–H groups in total. The summed E-state index contributed by atoms with van der Waals surface area (Å²) in [5.74, 6) is -3.50. The Hall–Kier alpha value is -3.15. The van der Waals surface area contributed by atoms with Crippen molar-refractivity contribution in [3.05, 3.63) is 84.6 Å². The van der Waals surface area contributed by atoms with Gasteiger partial charge in [0.25, 0.3) is 5.91 Å². The van der Waals surface area contributed by atoms with Crippen molar-refractivity contribution in [2.45, 2.75) is 13.5 Å². The number of carbonyl (C=O) groups excluding carboxylic acids is 1. The lowest BCUT2D eigenvalue weighted by Crippen LogP contribution is -2.16. The largest absolute Gasteiger partial charge is 0.486 e. The highest BCUT2D eigenvalue weighted by Gasteiger charge is 2.19. The van der Waals surface area contributed by atoms with Gasteiger partial charge in [0.1, 0.15) is 18.0 Å². The molecule has 4 nitrogen and oxygen atoms in total. The van der Waals surface area contributed by atoms with Crippen molar-refractivity contribution in [2.75, 3.05) is 11.9 Å². The van der Waals surface area contributed by atoms with Crippen LogP contribution in [0.5, 0.6) is 5.75 Å². The number of rotatable bonds is 6. The summed E-state index contributed by atoms with van der Waals surface area (Å²) in [7, 11) is 1.90. The number of halogens is 2. The highest BCUT2D eigenvalue weighted by atomic mass is 19.1. The number of primary amides is 1. The van der Waals surface area contributed by atoms with E-state index in [0.717, 1.165) is 23.4 Å². The van der Waals surface area contributed by atoms with Gasteiger partial charge < -0.3 is 15.4 Å². The zero-order valence-corrected chi connectivity index (χ0v) is 14.8. The van der Waals surface area contributed by atoms with Crippen LogP contribution in [0.3, 0.4) is 0 Å². The molecule has 0 radical (unpaired) electrons. The normalized spacial score (nSPS) is 10.2. The van der Waals surface area contributed by atoms with Crippen LogP contribution in [0.25, 0.3) is 0 Å². The second kappa shape index (κ2) is 9.98. The Morgan fingerprint density at radius 2 is 1.96 bits per heavy atom. The second-order valence-corrected chi connectivity index (χ2v) is 5.15. The third kappa shape index (κ3) is 5.17. The number of nitrogens with two attached hydrogens (primary N) is 1. The van der Waals surface area contributed by atoms with Gasteiger partial charge in [-0.2, -0.15) is 0 Å². The lowest BCUT2D eigenvalue weighted by molar-refractivity contribution is 0.0991. The van der Waals surface area contributed by atoms with E-state index in [1.165, 1.54) is 0 Å². The minimum absolute atomic E-state index is 0.0677. The molecule has 0 aliphatic carbocycles. The van der Waals surface area contributed by atoms with Crippen molar-refractivity contribution in [3.63, 3.8) is 0 Å². The van der Waals surface area contributed by atoms with Crippen molar-refractivity contribution >= 4 is 11.6 Å². The number of anilines is 1. The van der Waals surface area contributed by atoms with Gasteiger partial charge in [0.2, 0.25) is 0 Å². The van der Waals surface area contributed by atoms with Crippen molar-refractivity contribution in [1.29, 1.82) is 0 Å². The highest BCUT2D eigenvalue weighted by Crippen LogP contribution is 2.24. The van der Waals surface area contributed by atoms with Crippen LogP contribution in [0.1, 0.15) is 22.8 Å². The van der Waals surface area contributed by atoms with Crippen LogP contribution in [-0.2, 0) is 6.61 Å². The Labute approximate surface area is 152 Å². The Balaban J connectivity index is 0.00000163. The summed E-state index contributed by atoms with van der Waals surface area (Å²) in [6, 6.07) is 9.57. The standard InChI is InChI=1S/C18H18F2N2O2.C2H4/c1-3-9-22(2)13-6-4-5-12(10-13)11-24-15-8-7-14(19)16(17(15)20)18(21)23;1-2/h3-10H,11H2,1-2H3,(H2,21,23);1-2H2/b9-3-;. The van der Waals surface area contributed by atoms with Gasteiger partial charge in [-0.15, -0.1) is 13.2 Å². The van der Waals surface area contributed by atoms with E-state index >= 15 is 0 Å². The maximum atomic E-state index is 14.1.